The maximum absolute atomic E-state index is 13.6. The van der Waals surface area contributed by atoms with E-state index >= 15 is 0 Å². The lowest BCUT2D eigenvalue weighted by Crippen LogP contribution is -2.58. The van der Waals surface area contributed by atoms with Gasteiger partial charge in [-0.25, -0.2) is 0 Å². The van der Waals surface area contributed by atoms with Gasteiger partial charge in [-0.05, 0) is 62.6 Å². The van der Waals surface area contributed by atoms with Gasteiger partial charge in [-0.2, -0.15) is 26.3 Å². The zero-order valence-corrected chi connectivity index (χ0v) is 25.7. The van der Waals surface area contributed by atoms with Crippen molar-refractivity contribution >= 4 is 30.7 Å². The number of aromatic hydroxyl groups is 1. The molecule has 2 aromatic carbocycles. The van der Waals surface area contributed by atoms with Crippen LogP contribution >= 0.6 is 24.8 Å². The SMILES string of the molecule is Cc1ccc(C[C@@H]2CN(CCN3[C@@H](C)COC[C@@H]3C)CCN2C(=O)c2cc(C(F)(F)F)cc(C(F)(F)F)c2)cc1O.Cl.Cl. The van der Waals surface area contributed by atoms with Gasteiger partial charge in [0.2, 0.25) is 0 Å². The number of hydrogen-bond donors (Lipinski definition) is 1. The Morgan fingerprint density at radius 1 is 0.907 bits per heavy atom. The number of piperazine rings is 1. The summed E-state index contributed by atoms with van der Waals surface area (Å²) < 4.78 is 86.5. The number of ether oxygens (including phenoxy) is 1. The van der Waals surface area contributed by atoms with Crippen molar-refractivity contribution in [1.29, 1.82) is 0 Å². The number of nitrogens with zero attached hydrogens (tertiary/aromatic N) is 3. The van der Waals surface area contributed by atoms with Crippen LogP contribution in [0.3, 0.4) is 0 Å². The Balaban J connectivity index is 0.00000323. The van der Waals surface area contributed by atoms with Crippen LogP contribution in [-0.2, 0) is 23.5 Å². The molecule has 2 fully saturated rings. The lowest BCUT2D eigenvalue weighted by atomic mass is 9.98. The van der Waals surface area contributed by atoms with E-state index in [1.165, 1.54) is 4.90 Å². The first kappa shape index (κ1) is 36.9. The van der Waals surface area contributed by atoms with E-state index in [2.05, 4.69) is 23.6 Å². The number of rotatable bonds is 6. The number of aryl methyl sites for hydroxylation is 1. The molecule has 14 heteroatoms. The summed E-state index contributed by atoms with van der Waals surface area (Å²) in [5.41, 5.74) is -2.35. The van der Waals surface area contributed by atoms with Crippen molar-refractivity contribution in [2.75, 3.05) is 45.9 Å². The van der Waals surface area contributed by atoms with Crippen LogP contribution in [0.5, 0.6) is 5.75 Å². The highest BCUT2D eigenvalue weighted by atomic mass is 35.5. The number of benzene rings is 2. The number of carbonyl (C=O) groups excluding carboxylic acids is 1. The van der Waals surface area contributed by atoms with E-state index in [-0.39, 0.29) is 61.7 Å². The van der Waals surface area contributed by atoms with E-state index < -0.39 is 41.0 Å². The first-order valence-electron chi connectivity index (χ1n) is 13.6. The van der Waals surface area contributed by atoms with Crippen molar-refractivity contribution in [2.24, 2.45) is 0 Å². The Kier molecular flexibility index (Phi) is 12.6. The number of morpholine rings is 1. The van der Waals surface area contributed by atoms with E-state index in [0.717, 1.165) is 6.54 Å². The Labute approximate surface area is 259 Å². The van der Waals surface area contributed by atoms with Crippen molar-refractivity contribution in [3.8, 4) is 5.75 Å². The standard InChI is InChI=1S/C29H35F6N3O3.2ClH/c1-18-4-5-21(11-26(18)39)10-25-15-36(6-8-37-19(2)16-41-17-20(37)3)7-9-38(25)27(40)22-12-23(28(30,31)32)14-24(13-22)29(33,34)35;;/h4-5,11-14,19-20,25,39H,6-10,15-17H2,1-3H3;2*1H/t19-,20-,25+;;/m0../s1. The fourth-order valence-electron chi connectivity index (χ4n) is 5.60. The maximum Gasteiger partial charge on any atom is 0.416 e. The highest BCUT2D eigenvalue weighted by Gasteiger charge is 2.39. The van der Waals surface area contributed by atoms with Gasteiger partial charge in [-0.3, -0.25) is 14.6 Å². The molecule has 43 heavy (non-hydrogen) atoms. The summed E-state index contributed by atoms with van der Waals surface area (Å²) in [4.78, 5) is 19.4. The predicted octanol–water partition coefficient (Wildman–Crippen LogP) is 6.06. The smallest absolute Gasteiger partial charge is 0.416 e. The molecule has 0 radical (unpaired) electrons. The monoisotopic (exact) mass is 659 g/mol. The van der Waals surface area contributed by atoms with Crippen LogP contribution in [0.4, 0.5) is 26.3 Å². The molecule has 3 atom stereocenters. The summed E-state index contributed by atoms with van der Waals surface area (Å²) in [5, 5.41) is 10.2. The lowest BCUT2D eigenvalue weighted by Gasteiger charge is -2.44. The molecular formula is C29H37Cl2F6N3O3. The Hall–Kier alpha value is -2.25. The molecule has 0 bridgehead atoms. The molecule has 4 rings (SSSR count). The minimum absolute atomic E-state index is 0. The summed E-state index contributed by atoms with van der Waals surface area (Å²) in [7, 11) is 0. The van der Waals surface area contributed by atoms with E-state index in [4.69, 9.17) is 4.74 Å². The second kappa shape index (κ2) is 14.7. The third kappa shape index (κ3) is 9.13. The van der Waals surface area contributed by atoms with Crippen LogP contribution in [0, 0.1) is 6.92 Å². The molecular weight excluding hydrogens is 623 g/mol. The molecule has 242 valence electrons. The molecule has 0 saturated carbocycles. The minimum Gasteiger partial charge on any atom is -0.508 e. The van der Waals surface area contributed by atoms with Crippen LogP contribution in [-0.4, -0.2) is 89.8 Å². The number of phenolic OH excluding ortho intramolecular Hbond substituents is 1. The first-order chi connectivity index (χ1) is 19.1. The molecule has 0 aromatic heterocycles. The summed E-state index contributed by atoms with van der Waals surface area (Å²) in [6.07, 6.45) is -9.84. The van der Waals surface area contributed by atoms with E-state index in [1.54, 1.807) is 25.1 Å². The van der Waals surface area contributed by atoms with Crippen LogP contribution in [0.2, 0.25) is 0 Å². The maximum atomic E-state index is 13.6. The van der Waals surface area contributed by atoms with Gasteiger partial charge in [-0.1, -0.05) is 12.1 Å². The van der Waals surface area contributed by atoms with Crippen molar-refractivity contribution in [3.05, 3.63) is 64.2 Å². The Bertz CT molecular complexity index is 1200. The molecule has 6 nitrogen and oxygen atoms in total. The number of alkyl halides is 6. The number of halogens is 8. The zero-order chi connectivity index (χ0) is 30.1. The number of hydrogen-bond acceptors (Lipinski definition) is 5. The molecule has 2 aliphatic heterocycles. The van der Waals surface area contributed by atoms with Gasteiger partial charge in [-0.15, -0.1) is 24.8 Å². The molecule has 1 N–H and O–H groups in total. The van der Waals surface area contributed by atoms with Crippen molar-refractivity contribution < 1.29 is 41.0 Å². The van der Waals surface area contributed by atoms with Crippen LogP contribution in [0.1, 0.15) is 46.5 Å². The second-order valence-electron chi connectivity index (χ2n) is 11.0. The second-order valence-corrected chi connectivity index (χ2v) is 11.0. The molecule has 2 saturated heterocycles. The van der Waals surface area contributed by atoms with Crippen LogP contribution in [0.15, 0.2) is 36.4 Å². The quantitative estimate of drug-likeness (QED) is 0.382. The van der Waals surface area contributed by atoms with E-state index in [1.807, 2.05) is 0 Å². The van der Waals surface area contributed by atoms with Crippen molar-refractivity contribution in [3.63, 3.8) is 0 Å². The summed E-state index contributed by atoms with van der Waals surface area (Å²) in [5.74, 6) is -0.825. The molecule has 0 unspecified atom stereocenters. The van der Waals surface area contributed by atoms with Gasteiger partial charge >= 0.3 is 12.4 Å². The Morgan fingerprint density at radius 2 is 1.49 bits per heavy atom. The van der Waals surface area contributed by atoms with E-state index in [0.29, 0.717) is 56.1 Å². The topological polar surface area (TPSA) is 56.2 Å². The third-order valence-electron chi connectivity index (χ3n) is 7.93. The van der Waals surface area contributed by atoms with Crippen molar-refractivity contribution in [1.82, 2.24) is 14.7 Å². The largest absolute Gasteiger partial charge is 0.508 e. The molecule has 0 aliphatic carbocycles. The fraction of sp³-hybridized carbons (Fsp3) is 0.552. The zero-order valence-electron chi connectivity index (χ0n) is 24.0. The predicted molar refractivity (Wildman–Crippen MR) is 155 cm³/mol. The van der Waals surface area contributed by atoms with Crippen molar-refractivity contribution in [2.45, 2.75) is 57.7 Å². The van der Waals surface area contributed by atoms with Crippen LogP contribution in [0.25, 0.3) is 0 Å². The highest BCUT2D eigenvalue weighted by molar-refractivity contribution is 5.95. The average Bonchev–Trinajstić information content (AvgIpc) is 2.89. The molecule has 2 heterocycles. The molecule has 0 spiro atoms. The van der Waals surface area contributed by atoms with Gasteiger partial charge in [0, 0.05) is 56.4 Å². The molecule has 1 amide bonds. The number of phenols is 1. The van der Waals surface area contributed by atoms with E-state index in [9.17, 15) is 36.2 Å². The molecule has 2 aromatic rings. The minimum atomic E-state index is -5.05. The van der Waals surface area contributed by atoms with Gasteiger partial charge in [0.25, 0.3) is 5.91 Å². The summed E-state index contributed by atoms with van der Waals surface area (Å²) in [6.45, 7) is 9.51. The average molecular weight is 661 g/mol. The van der Waals surface area contributed by atoms with Gasteiger partial charge in [0.05, 0.1) is 24.3 Å². The Morgan fingerprint density at radius 3 is 2.02 bits per heavy atom. The normalized spacial score (nSPS) is 22.1. The first-order valence-corrected chi connectivity index (χ1v) is 13.6. The summed E-state index contributed by atoms with van der Waals surface area (Å²) in [6, 6.07) is 6.01. The fourth-order valence-corrected chi connectivity index (χ4v) is 5.60. The lowest BCUT2D eigenvalue weighted by molar-refractivity contribution is -0.143. The third-order valence-corrected chi connectivity index (χ3v) is 7.93. The van der Waals surface area contributed by atoms with Gasteiger partial charge < -0.3 is 14.7 Å². The van der Waals surface area contributed by atoms with Gasteiger partial charge in [0.15, 0.2) is 0 Å². The van der Waals surface area contributed by atoms with Crippen LogP contribution < -0.4 is 0 Å². The number of amides is 1. The summed E-state index contributed by atoms with van der Waals surface area (Å²) >= 11 is 0. The number of carbonyl (C=O) groups is 1. The van der Waals surface area contributed by atoms with Gasteiger partial charge in [0.1, 0.15) is 5.75 Å². The molecule has 2 aliphatic rings. The highest BCUT2D eigenvalue weighted by Crippen LogP contribution is 2.37.